The highest BCUT2D eigenvalue weighted by atomic mass is 35.5. The van der Waals surface area contributed by atoms with E-state index in [1.807, 2.05) is 38.3 Å². The summed E-state index contributed by atoms with van der Waals surface area (Å²) in [4.78, 5) is 59.1. The molecule has 43 heavy (non-hydrogen) atoms. The number of hydrogen-bond donors (Lipinski definition) is 2. The minimum atomic E-state index is -0.743. The van der Waals surface area contributed by atoms with Gasteiger partial charge in [-0.3, -0.25) is 24.3 Å². The van der Waals surface area contributed by atoms with Crippen LogP contribution in [-0.2, 0) is 9.59 Å². The molecule has 13 heteroatoms. The van der Waals surface area contributed by atoms with Crippen molar-refractivity contribution in [2.45, 2.75) is 44.9 Å². The minimum absolute atomic E-state index is 0.102. The first-order valence-electron chi connectivity index (χ1n) is 13.6. The zero-order chi connectivity index (χ0) is 30.9. The molecule has 1 fully saturated rings. The smallest absolute Gasteiger partial charge is 0.326 e. The third-order valence-electron chi connectivity index (χ3n) is 6.88. The van der Waals surface area contributed by atoms with E-state index in [4.69, 9.17) is 27.1 Å². The number of amidine groups is 1. The number of aromatic nitrogens is 1. The Morgan fingerprint density at radius 1 is 1.14 bits per heavy atom. The van der Waals surface area contributed by atoms with Crippen molar-refractivity contribution < 1.29 is 23.9 Å². The Balaban J connectivity index is 1.69. The second kappa shape index (κ2) is 12.1. The summed E-state index contributed by atoms with van der Waals surface area (Å²) in [7, 11) is 0. The molecule has 5 rings (SSSR count). The van der Waals surface area contributed by atoms with Crippen LogP contribution in [0, 0.1) is 0 Å². The summed E-state index contributed by atoms with van der Waals surface area (Å²) in [5.41, 5.74) is 6.87. The fourth-order valence-electron chi connectivity index (χ4n) is 5.06. The lowest BCUT2D eigenvalue weighted by Crippen LogP contribution is -2.55. The normalized spacial score (nSPS) is 18.7. The maximum absolute atomic E-state index is 14.4. The molecule has 0 aliphatic carbocycles. The van der Waals surface area contributed by atoms with Gasteiger partial charge in [0.2, 0.25) is 11.8 Å². The zero-order valence-corrected chi connectivity index (χ0v) is 25.4. The lowest BCUT2D eigenvalue weighted by molar-refractivity contribution is -0.123. The van der Waals surface area contributed by atoms with Crippen LogP contribution in [0.1, 0.15) is 66.3 Å². The minimum Gasteiger partial charge on any atom is -0.487 e. The number of amides is 4. The molecule has 2 aliphatic heterocycles. The summed E-state index contributed by atoms with van der Waals surface area (Å²) in [6.07, 6.45) is 1.25. The van der Waals surface area contributed by atoms with Gasteiger partial charge in [0.25, 0.3) is 0 Å². The highest BCUT2D eigenvalue weighted by Gasteiger charge is 2.45. The van der Waals surface area contributed by atoms with Gasteiger partial charge in [-0.05, 0) is 62.1 Å². The summed E-state index contributed by atoms with van der Waals surface area (Å²) in [5.74, 6) is -0.850. The number of nitrogens with one attached hydrogen (secondary N) is 1. The number of primary amides is 1. The number of benzene rings is 2. The predicted molar refractivity (Wildman–Crippen MR) is 162 cm³/mol. The van der Waals surface area contributed by atoms with Crippen molar-refractivity contribution in [1.29, 1.82) is 0 Å². The van der Waals surface area contributed by atoms with E-state index >= 15 is 0 Å². The van der Waals surface area contributed by atoms with Crippen LogP contribution in [0.3, 0.4) is 0 Å². The molecule has 2 aromatic carbocycles. The van der Waals surface area contributed by atoms with E-state index in [2.05, 4.69) is 9.69 Å². The number of hydrogen-bond acceptors (Lipinski definition) is 8. The first-order chi connectivity index (χ1) is 20.4. The van der Waals surface area contributed by atoms with Crippen molar-refractivity contribution in [2.24, 2.45) is 10.7 Å². The van der Waals surface area contributed by atoms with Crippen LogP contribution >= 0.6 is 23.1 Å². The van der Waals surface area contributed by atoms with Crippen LogP contribution in [0.5, 0.6) is 5.75 Å². The third-order valence-corrected chi connectivity index (χ3v) is 7.74. The van der Waals surface area contributed by atoms with Crippen LogP contribution in [0.15, 0.2) is 59.0 Å². The molecule has 0 saturated carbocycles. The molecule has 3 aromatic rings. The number of Topliss-reactive ketones (excluding diaryl/α,β-unsaturated/α-hetero) is 1. The number of urea groups is 1. The molecule has 0 unspecified atom stereocenters. The third kappa shape index (κ3) is 6.70. The van der Waals surface area contributed by atoms with E-state index in [0.29, 0.717) is 35.3 Å². The molecule has 0 bridgehead atoms. The van der Waals surface area contributed by atoms with E-state index in [9.17, 15) is 19.2 Å². The monoisotopic (exact) mass is 622 g/mol. The standard InChI is InChI=1S/C30H31ClN6O5S/c1-30(2,3)42-23-12-18(22(38)13-24(32)39)6-9-21(23)28-35-26(17-4-7-20(31)8-5-17)27(19-14-34-43-16-19)37(28)29(41)36-11-10-33-25(40)15-36/h4-9,12,14,16,26-27H,10-11,13,15H2,1-3H3,(H2,32,39)(H,33,40)/t26-,27+/m0/s1. The van der Waals surface area contributed by atoms with Gasteiger partial charge >= 0.3 is 6.03 Å². The Labute approximate surface area is 257 Å². The van der Waals surface area contributed by atoms with Crippen molar-refractivity contribution in [2.75, 3.05) is 19.6 Å². The maximum atomic E-state index is 14.4. The van der Waals surface area contributed by atoms with E-state index in [1.165, 1.54) is 16.4 Å². The molecule has 3 heterocycles. The number of nitrogens with two attached hydrogens (primary N) is 1. The van der Waals surface area contributed by atoms with Gasteiger partial charge in [-0.2, -0.15) is 0 Å². The second-order valence-corrected chi connectivity index (χ2v) is 12.4. The summed E-state index contributed by atoms with van der Waals surface area (Å²) < 4.78 is 10.6. The summed E-state index contributed by atoms with van der Waals surface area (Å²) in [6.45, 7) is 6.12. The molecule has 11 nitrogen and oxygen atoms in total. The largest absolute Gasteiger partial charge is 0.487 e. The predicted octanol–water partition coefficient (Wildman–Crippen LogP) is 4.13. The van der Waals surface area contributed by atoms with Gasteiger partial charge in [-0.1, -0.05) is 29.8 Å². The van der Waals surface area contributed by atoms with Crippen molar-refractivity contribution in [1.82, 2.24) is 19.5 Å². The Bertz CT molecular complexity index is 1590. The van der Waals surface area contributed by atoms with Gasteiger partial charge in [0.1, 0.15) is 29.8 Å². The topological polar surface area (TPSA) is 147 Å². The van der Waals surface area contributed by atoms with Gasteiger partial charge in [-0.15, -0.1) is 0 Å². The molecule has 0 radical (unpaired) electrons. The van der Waals surface area contributed by atoms with Crippen molar-refractivity contribution >= 4 is 52.6 Å². The van der Waals surface area contributed by atoms with Crippen molar-refractivity contribution in [3.63, 3.8) is 0 Å². The van der Waals surface area contributed by atoms with Crippen LogP contribution in [0.25, 0.3) is 0 Å². The molecule has 4 amide bonds. The molecule has 224 valence electrons. The Hall–Kier alpha value is -4.29. The van der Waals surface area contributed by atoms with Gasteiger partial charge in [-0.25, -0.2) is 9.17 Å². The SMILES string of the molecule is CC(C)(C)Oc1cc(C(=O)CC(N)=O)ccc1C1=N[C@@H](c2ccc(Cl)cc2)[C@@H](c2cnsc2)N1C(=O)N1CCNC(=O)C1. The number of aliphatic imine (C=N–C) groups is 1. The Morgan fingerprint density at radius 3 is 2.51 bits per heavy atom. The summed E-state index contributed by atoms with van der Waals surface area (Å²) in [6, 6.07) is 10.5. The van der Waals surface area contributed by atoms with Gasteiger partial charge in [0.05, 0.1) is 18.0 Å². The average molecular weight is 623 g/mol. The highest BCUT2D eigenvalue weighted by Crippen LogP contribution is 2.45. The van der Waals surface area contributed by atoms with Crippen LogP contribution in [0.2, 0.25) is 5.02 Å². The van der Waals surface area contributed by atoms with E-state index in [-0.39, 0.29) is 18.0 Å². The van der Waals surface area contributed by atoms with Gasteiger partial charge in [0.15, 0.2) is 5.78 Å². The van der Waals surface area contributed by atoms with E-state index in [0.717, 1.165) is 11.1 Å². The average Bonchev–Trinajstić information content (AvgIpc) is 3.60. The van der Waals surface area contributed by atoms with Crippen LogP contribution in [0.4, 0.5) is 4.79 Å². The molecule has 3 N–H and O–H groups in total. The number of ether oxygens (including phenoxy) is 1. The number of ketones is 1. The fraction of sp³-hybridized carbons (Fsp3) is 0.333. The first-order valence-corrected chi connectivity index (χ1v) is 14.8. The van der Waals surface area contributed by atoms with Crippen molar-refractivity contribution in [3.8, 4) is 5.75 Å². The first kappa shape index (κ1) is 30.2. The second-order valence-electron chi connectivity index (χ2n) is 11.3. The van der Waals surface area contributed by atoms with Crippen LogP contribution in [-0.4, -0.2) is 68.9 Å². The lowest BCUT2D eigenvalue weighted by Gasteiger charge is -2.35. The molecular formula is C30H31ClN6O5S. The Kier molecular flexibility index (Phi) is 8.52. The summed E-state index contributed by atoms with van der Waals surface area (Å²) in [5, 5.41) is 5.18. The maximum Gasteiger partial charge on any atom is 0.326 e. The van der Waals surface area contributed by atoms with Gasteiger partial charge < -0.3 is 20.7 Å². The molecule has 2 atom stereocenters. The number of piperazine rings is 1. The quantitative estimate of drug-likeness (QED) is 0.299. The summed E-state index contributed by atoms with van der Waals surface area (Å²) >= 11 is 7.46. The molecular weight excluding hydrogens is 592 g/mol. The number of rotatable bonds is 7. The number of halogens is 1. The van der Waals surface area contributed by atoms with Gasteiger partial charge in [0, 0.05) is 40.8 Å². The van der Waals surface area contributed by atoms with Crippen LogP contribution < -0.4 is 15.8 Å². The zero-order valence-electron chi connectivity index (χ0n) is 23.9. The lowest BCUT2D eigenvalue weighted by atomic mass is 9.96. The van der Waals surface area contributed by atoms with E-state index in [1.54, 1.807) is 41.4 Å². The Morgan fingerprint density at radius 2 is 1.88 bits per heavy atom. The number of carbonyl (C=O) groups is 4. The molecule has 1 aromatic heterocycles. The number of nitrogens with zero attached hydrogens (tertiary/aromatic N) is 4. The number of carbonyl (C=O) groups excluding carboxylic acids is 4. The fourth-order valence-corrected chi connectivity index (χ4v) is 5.75. The highest BCUT2D eigenvalue weighted by molar-refractivity contribution is 7.03. The molecule has 0 spiro atoms. The molecule has 2 aliphatic rings. The van der Waals surface area contributed by atoms with E-state index < -0.39 is 41.8 Å². The van der Waals surface area contributed by atoms with Crippen molar-refractivity contribution in [3.05, 3.63) is 81.3 Å². The molecule has 1 saturated heterocycles.